The summed E-state index contributed by atoms with van der Waals surface area (Å²) in [6, 6.07) is 6.64. The highest BCUT2D eigenvalue weighted by molar-refractivity contribution is 5.51. The summed E-state index contributed by atoms with van der Waals surface area (Å²) in [7, 11) is 0. The Kier molecular flexibility index (Phi) is 2.24. The Labute approximate surface area is 110 Å². The molecular weight excluding hydrogens is 220 g/mol. The Bertz CT molecular complexity index is 530. The van der Waals surface area contributed by atoms with Gasteiger partial charge in [-0.1, -0.05) is 31.2 Å². The molecular formula is C17H22O. The third-order valence-corrected chi connectivity index (χ3v) is 5.34. The lowest BCUT2D eigenvalue weighted by Crippen LogP contribution is -2.47. The molecule has 1 nitrogen and oxygen atoms in total. The molecule has 1 saturated carbocycles. The Morgan fingerprint density at radius 2 is 2.11 bits per heavy atom. The van der Waals surface area contributed by atoms with E-state index in [9.17, 15) is 0 Å². The van der Waals surface area contributed by atoms with Crippen molar-refractivity contribution in [3.8, 4) is 5.75 Å². The van der Waals surface area contributed by atoms with Crippen LogP contribution in [0.2, 0.25) is 0 Å². The molecule has 0 saturated heterocycles. The molecule has 96 valence electrons. The van der Waals surface area contributed by atoms with Gasteiger partial charge in [0.25, 0.3) is 0 Å². The van der Waals surface area contributed by atoms with Crippen molar-refractivity contribution in [3.63, 3.8) is 0 Å². The highest BCUT2D eigenvalue weighted by Gasteiger charge is 2.62. The van der Waals surface area contributed by atoms with Crippen LogP contribution in [0.15, 0.2) is 30.4 Å². The average molecular weight is 242 g/mol. The van der Waals surface area contributed by atoms with E-state index in [1.165, 1.54) is 29.5 Å². The summed E-state index contributed by atoms with van der Waals surface area (Å²) in [5, 5.41) is 0. The quantitative estimate of drug-likeness (QED) is 0.664. The minimum Gasteiger partial charge on any atom is -0.486 e. The predicted molar refractivity (Wildman–Crippen MR) is 75.1 cm³/mol. The molecule has 0 aromatic heterocycles. The Morgan fingerprint density at radius 3 is 2.78 bits per heavy atom. The topological polar surface area (TPSA) is 9.23 Å². The van der Waals surface area contributed by atoms with Gasteiger partial charge >= 0.3 is 0 Å². The number of benzene rings is 1. The van der Waals surface area contributed by atoms with Crippen molar-refractivity contribution < 1.29 is 4.74 Å². The van der Waals surface area contributed by atoms with Gasteiger partial charge in [0.05, 0.1) is 0 Å². The lowest BCUT2D eigenvalue weighted by molar-refractivity contribution is 0.0368. The Balaban J connectivity index is 2.15. The van der Waals surface area contributed by atoms with Crippen LogP contribution in [-0.4, -0.2) is 5.60 Å². The molecule has 1 aliphatic heterocycles. The normalized spacial score (nSPS) is 37.0. The van der Waals surface area contributed by atoms with Crippen molar-refractivity contribution >= 4 is 0 Å². The van der Waals surface area contributed by atoms with Crippen LogP contribution in [0.25, 0.3) is 0 Å². The van der Waals surface area contributed by atoms with Gasteiger partial charge in [-0.05, 0) is 45.2 Å². The highest BCUT2D eigenvalue weighted by atomic mass is 16.5. The summed E-state index contributed by atoms with van der Waals surface area (Å²) < 4.78 is 6.42. The van der Waals surface area contributed by atoms with E-state index < -0.39 is 0 Å². The first-order valence-corrected chi connectivity index (χ1v) is 6.84. The summed E-state index contributed by atoms with van der Waals surface area (Å²) >= 11 is 0. The molecule has 18 heavy (non-hydrogen) atoms. The number of fused-ring (bicyclic) bond motifs is 3. The van der Waals surface area contributed by atoms with Gasteiger partial charge in [-0.25, -0.2) is 0 Å². The molecule has 1 aromatic carbocycles. The lowest BCUT2D eigenvalue weighted by Gasteiger charge is -2.37. The predicted octanol–water partition coefficient (Wildman–Crippen LogP) is 4.39. The maximum Gasteiger partial charge on any atom is 0.124 e. The molecule has 1 fully saturated rings. The molecule has 0 spiro atoms. The minimum atomic E-state index is -0.116. The van der Waals surface area contributed by atoms with Crippen LogP contribution < -0.4 is 4.74 Å². The van der Waals surface area contributed by atoms with Gasteiger partial charge in [-0.2, -0.15) is 0 Å². The molecule has 2 aliphatic rings. The summed E-state index contributed by atoms with van der Waals surface area (Å²) in [6.45, 7) is 13.1. The van der Waals surface area contributed by atoms with Crippen LogP contribution in [0, 0.1) is 12.8 Å². The molecule has 0 unspecified atom stereocenters. The fraction of sp³-hybridized carbons (Fsp3) is 0.529. The highest BCUT2D eigenvalue weighted by Crippen LogP contribution is 2.61. The van der Waals surface area contributed by atoms with Gasteiger partial charge in [0.1, 0.15) is 11.4 Å². The van der Waals surface area contributed by atoms with E-state index >= 15 is 0 Å². The van der Waals surface area contributed by atoms with E-state index in [0.29, 0.717) is 5.92 Å². The minimum absolute atomic E-state index is 0.116. The van der Waals surface area contributed by atoms with Crippen LogP contribution in [0.5, 0.6) is 5.75 Å². The zero-order chi connectivity index (χ0) is 13.1. The zero-order valence-corrected chi connectivity index (χ0v) is 11.8. The first-order valence-electron chi connectivity index (χ1n) is 6.84. The van der Waals surface area contributed by atoms with E-state index in [-0.39, 0.29) is 11.0 Å². The largest absolute Gasteiger partial charge is 0.486 e. The number of aryl methyl sites for hydroxylation is 1. The van der Waals surface area contributed by atoms with Crippen LogP contribution in [0.3, 0.4) is 0 Å². The summed E-state index contributed by atoms with van der Waals surface area (Å²) in [5.41, 5.74) is 3.94. The van der Waals surface area contributed by atoms with Crippen LogP contribution >= 0.6 is 0 Å². The van der Waals surface area contributed by atoms with Crippen molar-refractivity contribution in [3.05, 3.63) is 41.5 Å². The smallest absolute Gasteiger partial charge is 0.124 e. The summed E-state index contributed by atoms with van der Waals surface area (Å²) in [4.78, 5) is 0. The molecule has 1 aromatic rings. The van der Waals surface area contributed by atoms with Crippen LogP contribution in [0.4, 0.5) is 0 Å². The van der Waals surface area contributed by atoms with Gasteiger partial charge in [-0.15, -0.1) is 0 Å². The molecule has 0 N–H and O–H groups in total. The van der Waals surface area contributed by atoms with Gasteiger partial charge in [-0.3, -0.25) is 0 Å². The Hall–Kier alpha value is -1.24. The first kappa shape index (κ1) is 11.8. The number of ether oxygens (including phenoxy) is 1. The second-order valence-corrected chi connectivity index (χ2v) is 6.48. The van der Waals surface area contributed by atoms with Crippen molar-refractivity contribution in [1.82, 2.24) is 0 Å². The lowest BCUT2D eigenvalue weighted by atomic mass is 9.70. The number of hydrogen-bond acceptors (Lipinski definition) is 1. The molecule has 0 bridgehead atoms. The fourth-order valence-corrected chi connectivity index (χ4v) is 4.04. The van der Waals surface area contributed by atoms with Gasteiger partial charge in [0, 0.05) is 16.9 Å². The molecule has 0 radical (unpaired) electrons. The van der Waals surface area contributed by atoms with E-state index in [4.69, 9.17) is 4.74 Å². The van der Waals surface area contributed by atoms with Gasteiger partial charge in [0.2, 0.25) is 0 Å². The maximum atomic E-state index is 6.42. The van der Waals surface area contributed by atoms with Crippen molar-refractivity contribution in [2.75, 3.05) is 0 Å². The standard InChI is InChI=1S/C17H22O/c1-11(2)13-8-9-16(4)14-7-6-12(3)10-15(14)18-17(13,16)5/h6-7,10,13H,1,8-9H2,2-5H3/t13-,16+,17+/m0/s1. The van der Waals surface area contributed by atoms with Gasteiger partial charge in [0.15, 0.2) is 0 Å². The maximum absolute atomic E-state index is 6.42. The third-order valence-electron chi connectivity index (χ3n) is 5.34. The number of rotatable bonds is 1. The van der Waals surface area contributed by atoms with E-state index in [1.807, 2.05) is 0 Å². The van der Waals surface area contributed by atoms with Crippen molar-refractivity contribution in [2.24, 2.45) is 5.92 Å². The fourth-order valence-electron chi connectivity index (χ4n) is 4.04. The molecule has 1 heteroatoms. The SMILES string of the molecule is C=C(C)[C@@H]1CC[C@]2(C)c3ccc(C)cc3O[C@]12C. The van der Waals surface area contributed by atoms with Crippen molar-refractivity contribution in [1.29, 1.82) is 0 Å². The second-order valence-electron chi connectivity index (χ2n) is 6.48. The average Bonchev–Trinajstić information content (AvgIpc) is 2.62. The Morgan fingerprint density at radius 1 is 1.39 bits per heavy atom. The van der Waals surface area contributed by atoms with Crippen LogP contribution in [-0.2, 0) is 5.41 Å². The van der Waals surface area contributed by atoms with E-state index in [1.54, 1.807) is 0 Å². The van der Waals surface area contributed by atoms with E-state index in [0.717, 1.165) is 5.75 Å². The molecule has 3 rings (SSSR count). The van der Waals surface area contributed by atoms with Crippen LogP contribution in [0.1, 0.15) is 44.7 Å². The zero-order valence-electron chi connectivity index (χ0n) is 11.8. The number of hydrogen-bond donors (Lipinski definition) is 0. The molecule has 1 heterocycles. The first-order chi connectivity index (χ1) is 8.38. The molecule has 3 atom stereocenters. The third kappa shape index (κ3) is 1.23. The molecule has 0 amide bonds. The summed E-state index contributed by atoms with van der Waals surface area (Å²) in [6.07, 6.45) is 2.38. The monoisotopic (exact) mass is 242 g/mol. The summed E-state index contributed by atoms with van der Waals surface area (Å²) in [5.74, 6) is 1.56. The van der Waals surface area contributed by atoms with Gasteiger partial charge < -0.3 is 4.74 Å². The van der Waals surface area contributed by atoms with Crippen molar-refractivity contribution in [2.45, 2.75) is 51.6 Å². The molecule has 1 aliphatic carbocycles. The van der Waals surface area contributed by atoms with E-state index in [2.05, 4.69) is 52.5 Å². The second kappa shape index (κ2) is 3.40.